The minimum atomic E-state index is -0.752. The number of hydrogen-bond acceptors (Lipinski definition) is 3. The van der Waals surface area contributed by atoms with Gasteiger partial charge < -0.3 is 0 Å². The molecule has 0 bridgehead atoms. The van der Waals surface area contributed by atoms with Crippen molar-refractivity contribution in [2.45, 2.75) is 2.14 Å². The van der Waals surface area contributed by atoms with Gasteiger partial charge in [0, 0.05) is 21.2 Å². The molecule has 0 saturated carbocycles. The van der Waals surface area contributed by atoms with Crippen LogP contribution in [0.4, 0.5) is 0 Å². The van der Waals surface area contributed by atoms with Crippen molar-refractivity contribution in [1.82, 2.24) is 15.0 Å². The summed E-state index contributed by atoms with van der Waals surface area (Å²) >= 11 is 22.3. The maximum absolute atomic E-state index is 5.96. The van der Waals surface area contributed by atoms with E-state index >= 15 is 0 Å². The van der Waals surface area contributed by atoms with Gasteiger partial charge in [-0.05, 0) is 48.5 Å². The Morgan fingerprint density at radius 2 is 1.00 bits per heavy atom. The first-order valence-corrected chi connectivity index (χ1v) is 9.81. The molecule has 0 aliphatic carbocycles. The average Bonchev–Trinajstić information content (AvgIpc) is 2.55. The molecule has 0 radical (unpaired) electrons. The number of nitrogens with zero attached hydrogens (tertiary/aromatic N) is 3. The van der Waals surface area contributed by atoms with Crippen molar-refractivity contribution in [1.29, 1.82) is 0 Å². The van der Waals surface area contributed by atoms with E-state index in [1.165, 1.54) is 0 Å². The predicted octanol–water partition coefficient (Wildman–Crippen LogP) is 6.81. The Morgan fingerprint density at radius 3 is 1.33 bits per heavy atom. The van der Waals surface area contributed by atoms with Crippen molar-refractivity contribution in [2.75, 3.05) is 0 Å². The van der Waals surface area contributed by atoms with E-state index in [0.717, 1.165) is 11.1 Å². The van der Waals surface area contributed by atoms with E-state index in [1.807, 2.05) is 24.3 Å². The van der Waals surface area contributed by atoms with Crippen LogP contribution in [0, 0.1) is 0 Å². The van der Waals surface area contributed by atoms with Gasteiger partial charge in [-0.15, -0.1) is 0 Å². The Hall–Kier alpha value is -0.530. The lowest BCUT2D eigenvalue weighted by Gasteiger charge is -2.13. The second-order valence-electron chi connectivity index (χ2n) is 4.82. The molecule has 3 rings (SSSR count). The molecule has 0 aliphatic rings. The number of rotatable bonds is 2. The molecular formula is C16H8Br3Cl2N3. The van der Waals surface area contributed by atoms with Crippen LogP contribution in [0.5, 0.6) is 0 Å². The van der Waals surface area contributed by atoms with Gasteiger partial charge in [0.2, 0.25) is 0 Å². The molecule has 0 amide bonds. The van der Waals surface area contributed by atoms with Crippen molar-refractivity contribution in [2.24, 2.45) is 0 Å². The van der Waals surface area contributed by atoms with E-state index in [9.17, 15) is 0 Å². The highest BCUT2D eigenvalue weighted by Gasteiger charge is 2.27. The summed E-state index contributed by atoms with van der Waals surface area (Å²) in [6.45, 7) is 0. The summed E-state index contributed by atoms with van der Waals surface area (Å²) in [5, 5.41) is 1.31. The summed E-state index contributed by atoms with van der Waals surface area (Å²) in [4.78, 5) is 13.6. The zero-order valence-electron chi connectivity index (χ0n) is 11.9. The van der Waals surface area contributed by atoms with Gasteiger partial charge in [0.25, 0.3) is 0 Å². The molecule has 3 aromatic rings. The molecule has 0 aliphatic heterocycles. The number of benzene rings is 2. The molecule has 0 atom stereocenters. The van der Waals surface area contributed by atoms with Crippen LogP contribution in [0.25, 0.3) is 22.8 Å². The van der Waals surface area contributed by atoms with E-state index < -0.39 is 2.14 Å². The highest BCUT2D eigenvalue weighted by atomic mass is 80.0. The molecule has 0 saturated heterocycles. The first-order chi connectivity index (χ1) is 11.3. The summed E-state index contributed by atoms with van der Waals surface area (Å²) < 4.78 is -0.752. The summed E-state index contributed by atoms with van der Waals surface area (Å²) in [7, 11) is 0. The number of alkyl halides is 3. The largest absolute Gasteiger partial charge is 0.210 e. The monoisotopic (exact) mass is 549 g/mol. The van der Waals surface area contributed by atoms with E-state index in [0.29, 0.717) is 27.5 Å². The third-order valence-corrected chi connectivity index (χ3v) is 4.66. The summed E-state index contributed by atoms with van der Waals surface area (Å²) in [6, 6.07) is 14.7. The predicted molar refractivity (Wildman–Crippen MR) is 109 cm³/mol. The van der Waals surface area contributed by atoms with Crippen molar-refractivity contribution in [3.05, 3.63) is 64.4 Å². The second kappa shape index (κ2) is 7.38. The molecule has 2 aromatic carbocycles. The van der Waals surface area contributed by atoms with Gasteiger partial charge in [-0.2, -0.15) is 0 Å². The van der Waals surface area contributed by atoms with Crippen molar-refractivity contribution in [3.8, 4) is 22.8 Å². The smallest absolute Gasteiger partial charge is 0.194 e. The van der Waals surface area contributed by atoms with Crippen molar-refractivity contribution in [3.63, 3.8) is 0 Å². The first-order valence-electron chi connectivity index (χ1n) is 6.68. The molecule has 1 heterocycles. The van der Waals surface area contributed by atoms with Crippen molar-refractivity contribution < 1.29 is 0 Å². The summed E-state index contributed by atoms with van der Waals surface area (Å²) in [6.07, 6.45) is 0. The molecule has 0 unspecified atom stereocenters. The fraction of sp³-hybridized carbons (Fsp3) is 0.0625. The van der Waals surface area contributed by atoms with Crippen LogP contribution in [0.2, 0.25) is 10.0 Å². The van der Waals surface area contributed by atoms with E-state index in [1.54, 1.807) is 24.3 Å². The van der Waals surface area contributed by atoms with Crippen LogP contribution in [0.15, 0.2) is 48.5 Å². The average molecular weight is 553 g/mol. The van der Waals surface area contributed by atoms with Gasteiger partial charge in [0.1, 0.15) is 0 Å². The molecular weight excluding hydrogens is 545 g/mol. The third kappa shape index (κ3) is 4.35. The van der Waals surface area contributed by atoms with E-state index in [4.69, 9.17) is 23.2 Å². The van der Waals surface area contributed by atoms with Gasteiger partial charge in [0.15, 0.2) is 19.6 Å². The highest BCUT2D eigenvalue weighted by molar-refractivity contribution is 9.38. The summed E-state index contributed by atoms with van der Waals surface area (Å²) in [5.41, 5.74) is 1.69. The highest BCUT2D eigenvalue weighted by Crippen LogP contribution is 2.43. The fourth-order valence-electron chi connectivity index (χ4n) is 1.96. The summed E-state index contributed by atoms with van der Waals surface area (Å²) in [5.74, 6) is 1.58. The minimum absolute atomic E-state index is 0.493. The zero-order valence-corrected chi connectivity index (χ0v) is 18.1. The Labute approximate surface area is 174 Å². The van der Waals surface area contributed by atoms with Gasteiger partial charge in [-0.1, -0.05) is 71.0 Å². The Morgan fingerprint density at radius 1 is 0.625 bits per heavy atom. The molecule has 0 fully saturated rings. The zero-order chi connectivity index (χ0) is 17.3. The Bertz CT molecular complexity index is 799. The molecule has 8 heteroatoms. The molecule has 24 heavy (non-hydrogen) atoms. The van der Waals surface area contributed by atoms with Gasteiger partial charge >= 0.3 is 0 Å². The standard InChI is InChI=1S/C16H8Br3Cl2N3/c17-16(18,19)15-23-13(9-1-5-11(20)6-2-9)22-14(24-15)10-3-7-12(21)8-4-10/h1-8H. The normalized spacial score (nSPS) is 11.5. The minimum Gasteiger partial charge on any atom is -0.210 e. The van der Waals surface area contributed by atoms with Gasteiger partial charge in [-0.25, -0.2) is 15.0 Å². The quantitative estimate of drug-likeness (QED) is 0.328. The molecule has 1 aromatic heterocycles. The molecule has 0 spiro atoms. The maximum Gasteiger partial charge on any atom is 0.194 e. The van der Waals surface area contributed by atoms with Crippen LogP contribution < -0.4 is 0 Å². The first kappa shape index (κ1) is 18.3. The molecule has 3 nitrogen and oxygen atoms in total. The van der Waals surface area contributed by atoms with Crippen LogP contribution >= 0.6 is 71.0 Å². The van der Waals surface area contributed by atoms with Crippen LogP contribution in [-0.2, 0) is 2.14 Å². The van der Waals surface area contributed by atoms with Gasteiger partial charge in [-0.3, -0.25) is 0 Å². The SMILES string of the molecule is Clc1ccc(-c2nc(-c3ccc(Cl)cc3)nc(C(Br)(Br)Br)n2)cc1. The van der Waals surface area contributed by atoms with E-state index in [2.05, 4.69) is 62.7 Å². The topological polar surface area (TPSA) is 38.7 Å². The fourth-order valence-corrected chi connectivity index (χ4v) is 2.74. The van der Waals surface area contributed by atoms with E-state index in [-0.39, 0.29) is 0 Å². The number of hydrogen-bond donors (Lipinski definition) is 0. The van der Waals surface area contributed by atoms with Crippen molar-refractivity contribution >= 4 is 71.0 Å². The molecule has 122 valence electrons. The third-order valence-electron chi connectivity index (χ3n) is 3.09. The number of aromatic nitrogens is 3. The second-order valence-corrected chi connectivity index (χ2v) is 12.5. The van der Waals surface area contributed by atoms with Gasteiger partial charge in [0.05, 0.1) is 0 Å². The Balaban J connectivity index is 2.17. The molecule has 0 N–H and O–H groups in total. The van der Waals surface area contributed by atoms with Crippen LogP contribution in [-0.4, -0.2) is 15.0 Å². The van der Waals surface area contributed by atoms with Crippen LogP contribution in [0.1, 0.15) is 5.82 Å². The lowest BCUT2D eigenvalue weighted by atomic mass is 10.2. The lowest BCUT2D eigenvalue weighted by Crippen LogP contribution is -2.09. The maximum atomic E-state index is 5.96. The Kier molecular flexibility index (Phi) is 5.62. The number of halogens is 5. The lowest BCUT2D eigenvalue weighted by molar-refractivity contribution is 0.966. The van der Waals surface area contributed by atoms with Crippen LogP contribution in [0.3, 0.4) is 0 Å².